The molecule has 0 aliphatic heterocycles. The summed E-state index contributed by atoms with van der Waals surface area (Å²) in [7, 11) is 0. The van der Waals surface area contributed by atoms with Gasteiger partial charge in [0.1, 0.15) is 0 Å². The molecule has 2 nitrogen and oxygen atoms in total. The summed E-state index contributed by atoms with van der Waals surface area (Å²) in [6.07, 6.45) is 2.98. The van der Waals surface area contributed by atoms with Gasteiger partial charge in [-0.05, 0) is 31.0 Å². The number of para-hydroxylation sites is 1. The molecule has 1 aromatic heterocycles. The first kappa shape index (κ1) is 14.6. The highest BCUT2D eigenvalue weighted by Gasteiger charge is 2.13. The van der Waals surface area contributed by atoms with Crippen LogP contribution in [-0.2, 0) is 6.42 Å². The number of aromatic nitrogens is 1. The zero-order chi connectivity index (χ0) is 15.4. The van der Waals surface area contributed by atoms with Crippen molar-refractivity contribution in [1.29, 1.82) is 0 Å². The van der Waals surface area contributed by atoms with Crippen LogP contribution in [0.25, 0.3) is 10.9 Å². The van der Waals surface area contributed by atoms with Gasteiger partial charge >= 0.3 is 0 Å². The number of rotatable bonds is 5. The number of benzene rings is 2. The zero-order valence-corrected chi connectivity index (χ0v) is 13.3. The molecule has 22 heavy (non-hydrogen) atoms. The van der Waals surface area contributed by atoms with Crippen LogP contribution < -0.4 is 4.90 Å². The van der Waals surface area contributed by atoms with Crippen LogP contribution in [0.1, 0.15) is 25.0 Å². The van der Waals surface area contributed by atoms with Crippen LogP contribution in [0.3, 0.4) is 0 Å². The average molecular weight is 290 g/mol. The number of nitrogens with zero attached hydrogens (tertiary/aromatic N) is 2. The summed E-state index contributed by atoms with van der Waals surface area (Å²) in [6, 6.07) is 19.1. The molecule has 2 heteroatoms. The van der Waals surface area contributed by atoms with E-state index in [1.165, 1.54) is 22.2 Å². The van der Waals surface area contributed by atoms with Gasteiger partial charge in [-0.15, -0.1) is 0 Å². The van der Waals surface area contributed by atoms with Gasteiger partial charge in [-0.3, -0.25) is 4.98 Å². The van der Waals surface area contributed by atoms with Crippen molar-refractivity contribution in [3.8, 4) is 0 Å². The van der Waals surface area contributed by atoms with Crippen molar-refractivity contribution in [1.82, 2.24) is 4.98 Å². The predicted molar refractivity (Wildman–Crippen MR) is 94.6 cm³/mol. The quantitative estimate of drug-likeness (QED) is 0.678. The largest absolute Gasteiger partial charge is 0.371 e. The second-order valence-electron chi connectivity index (χ2n) is 5.47. The van der Waals surface area contributed by atoms with E-state index in [9.17, 15) is 0 Å². The van der Waals surface area contributed by atoms with Crippen LogP contribution in [0.15, 0.2) is 60.8 Å². The molecule has 0 saturated heterocycles. The minimum absolute atomic E-state index is 0.940. The molecule has 0 aliphatic rings. The zero-order valence-electron chi connectivity index (χ0n) is 13.3. The Morgan fingerprint density at radius 3 is 2.27 bits per heavy atom. The molecule has 0 aliphatic carbocycles. The topological polar surface area (TPSA) is 16.1 Å². The van der Waals surface area contributed by atoms with Crippen LogP contribution in [0.5, 0.6) is 0 Å². The van der Waals surface area contributed by atoms with Crippen molar-refractivity contribution >= 4 is 16.6 Å². The summed E-state index contributed by atoms with van der Waals surface area (Å²) in [6.45, 7) is 6.40. The monoisotopic (exact) mass is 290 g/mol. The van der Waals surface area contributed by atoms with Crippen molar-refractivity contribution in [2.24, 2.45) is 0 Å². The Labute approximate surface area is 132 Å². The predicted octanol–water partition coefficient (Wildman–Crippen LogP) is 4.67. The van der Waals surface area contributed by atoms with Crippen LogP contribution in [0.4, 0.5) is 5.69 Å². The molecule has 3 rings (SSSR count). The molecule has 1 heterocycles. The van der Waals surface area contributed by atoms with Crippen LogP contribution in [0.2, 0.25) is 0 Å². The van der Waals surface area contributed by atoms with Crippen LogP contribution >= 0.6 is 0 Å². The lowest BCUT2D eigenvalue weighted by Gasteiger charge is -2.25. The van der Waals surface area contributed by atoms with Crippen molar-refractivity contribution in [3.63, 3.8) is 0 Å². The van der Waals surface area contributed by atoms with Crippen molar-refractivity contribution in [3.05, 3.63) is 71.9 Å². The lowest BCUT2D eigenvalue weighted by Crippen LogP contribution is -2.23. The molecule has 3 aromatic rings. The number of fused-ring (bicyclic) bond motifs is 1. The minimum atomic E-state index is 0.940. The molecule has 0 unspecified atom stereocenters. The number of pyridine rings is 1. The Balaban J connectivity index is 2.16. The molecule has 0 fully saturated rings. The first-order valence-electron chi connectivity index (χ1n) is 7.99. The Hall–Kier alpha value is -2.35. The Kier molecular flexibility index (Phi) is 4.38. The summed E-state index contributed by atoms with van der Waals surface area (Å²) in [5, 5.41) is 1.26. The van der Waals surface area contributed by atoms with Crippen molar-refractivity contribution in [2.45, 2.75) is 20.3 Å². The maximum Gasteiger partial charge on any atom is 0.0706 e. The van der Waals surface area contributed by atoms with E-state index in [1.54, 1.807) is 0 Å². The molecular weight excluding hydrogens is 268 g/mol. The van der Waals surface area contributed by atoms with Gasteiger partial charge in [0.15, 0.2) is 0 Å². The molecule has 0 spiro atoms. The van der Waals surface area contributed by atoms with Crippen LogP contribution in [-0.4, -0.2) is 18.1 Å². The molecule has 0 amide bonds. The van der Waals surface area contributed by atoms with E-state index in [0.717, 1.165) is 25.0 Å². The molecule has 112 valence electrons. The first-order chi connectivity index (χ1) is 10.8. The van der Waals surface area contributed by atoms with E-state index < -0.39 is 0 Å². The summed E-state index contributed by atoms with van der Waals surface area (Å²) < 4.78 is 0. The lowest BCUT2D eigenvalue weighted by atomic mass is 9.99. The first-order valence-corrected chi connectivity index (χ1v) is 7.99. The Bertz CT molecular complexity index is 746. The third kappa shape index (κ3) is 2.82. The molecule has 0 radical (unpaired) electrons. The Morgan fingerprint density at radius 1 is 0.864 bits per heavy atom. The maximum absolute atomic E-state index is 4.66. The van der Waals surface area contributed by atoms with Crippen molar-refractivity contribution < 1.29 is 0 Å². The van der Waals surface area contributed by atoms with Gasteiger partial charge in [0, 0.05) is 24.9 Å². The summed E-state index contributed by atoms with van der Waals surface area (Å²) in [5.74, 6) is 0. The third-order valence-corrected chi connectivity index (χ3v) is 4.19. The Morgan fingerprint density at radius 2 is 1.55 bits per heavy atom. The van der Waals surface area contributed by atoms with E-state index in [4.69, 9.17) is 0 Å². The number of hydrogen-bond acceptors (Lipinski definition) is 2. The van der Waals surface area contributed by atoms with Gasteiger partial charge in [0.05, 0.1) is 17.4 Å². The van der Waals surface area contributed by atoms with E-state index in [2.05, 4.69) is 78.3 Å². The highest BCUT2D eigenvalue weighted by atomic mass is 15.1. The number of hydrogen-bond donors (Lipinski definition) is 0. The molecule has 0 N–H and O–H groups in total. The summed E-state index contributed by atoms with van der Waals surface area (Å²) in [5.41, 5.74) is 5.05. The normalized spacial score (nSPS) is 10.8. The second kappa shape index (κ2) is 6.61. The lowest BCUT2D eigenvalue weighted by molar-refractivity contribution is 0.856. The fraction of sp³-hybridized carbons (Fsp3) is 0.250. The van der Waals surface area contributed by atoms with E-state index in [1.807, 2.05) is 6.20 Å². The van der Waals surface area contributed by atoms with Gasteiger partial charge < -0.3 is 4.90 Å². The average Bonchev–Trinajstić information content (AvgIpc) is 2.58. The van der Waals surface area contributed by atoms with E-state index in [-0.39, 0.29) is 0 Å². The smallest absolute Gasteiger partial charge is 0.0706 e. The maximum atomic E-state index is 4.66. The summed E-state index contributed by atoms with van der Waals surface area (Å²) >= 11 is 0. The molecule has 0 bridgehead atoms. The highest BCUT2D eigenvalue weighted by molar-refractivity contribution is 5.87. The third-order valence-electron chi connectivity index (χ3n) is 4.19. The highest BCUT2D eigenvalue weighted by Crippen LogP contribution is 2.29. The van der Waals surface area contributed by atoms with Crippen molar-refractivity contribution in [2.75, 3.05) is 18.0 Å². The fourth-order valence-electron chi connectivity index (χ4n) is 3.01. The number of anilines is 1. The van der Waals surface area contributed by atoms with Gasteiger partial charge in [0.25, 0.3) is 0 Å². The van der Waals surface area contributed by atoms with E-state index >= 15 is 0 Å². The van der Waals surface area contributed by atoms with Gasteiger partial charge in [-0.2, -0.15) is 0 Å². The molecule has 2 aromatic carbocycles. The fourth-order valence-corrected chi connectivity index (χ4v) is 3.01. The second-order valence-corrected chi connectivity index (χ2v) is 5.47. The molecular formula is C20H22N2. The minimum Gasteiger partial charge on any atom is -0.371 e. The van der Waals surface area contributed by atoms with Gasteiger partial charge in [0.2, 0.25) is 0 Å². The van der Waals surface area contributed by atoms with Gasteiger partial charge in [-0.25, -0.2) is 0 Å². The molecule has 0 atom stereocenters. The SMILES string of the molecule is CCN(CC)c1cnc2ccccc2c1Cc1ccccc1. The molecule has 0 saturated carbocycles. The standard InChI is InChI=1S/C20H22N2/c1-3-22(4-2)20-15-21-19-13-9-8-12-17(19)18(20)14-16-10-6-5-7-11-16/h5-13,15H,3-4,14H2,1-2H3. The van der Waals surface area contributed by atoms with Crippen LogP contribution in [0, 0.1) is 0 Å². The summed E-state index contributed by atoms with van der Waals surface area (Å²) in [4.78, 5) is 7.05. The van der Waals surface area contributed by atoms with E-state index in [0.29, 0.717) is 0 Å². The van der Waals surface area contributed by atoms with Gasteiger partial charge in [-0.1, -0.05) is 48.5 Å².